The SMILES string of the molecule is CCOC(=O)c1c(-c2cccs2)csc1NC(=O)CSc1nc(C)cs1. The summed E-state index contributed by atoms with van der Waals surface area (Å²) in [6, 6.07) is 3.87. The van der Waals surface area contributed by atoms with Gasteiger partial charge < -0.3 is 10.1 Å². The maximum absolute atomic E-state index is 12.4. The van der Waals surface area contributed by atoms with Crippen molar-refractivity contribution in [1.29, 1.82) is 0 Å². The van der Waals surface area contributed by atoms with Crippen LogP contribution in [0.4, 0.5) is 5.00 Å². The van der Waals surface area contributed by atoms with E-state index in [0.29, 0.717) is 10.6 Å². The van der Waals surface area contributed by atoms with Gasteiger partial charge in [0, 0.05) is 26.9 Å². The Balaban J connectivity index is 1.76. The minimum atomic E-state index is -0.421. The number of rotatable bonds is 7. The number of aryl methyl sites for hydroxylation is 1. The van der Waals surface area contributed by atoms with Gasteiger partial charge in [-0.25, -0.2) is 9.78 Å². The number of anilines is 1. The Morgan fingerprint density at radius 3 is 2.77 bits per heavy atom. The van der Waals surface area contributed by atoms with Crippen LogP contribution in [0, 0.1) is 6.92 Å². The predicted molar refractivity (Wildman–Crippen MR) is 110 cm³/mol. The lowest BCUT2D eigenvalue weighted by Gasteiger charge is -2.07. The lowest BCUT2D eigenvalue weighted by molar-refractivity contribution is -0.113. The zero-order valence-electron chi connectivity index (χ0n) is 14.1. The van der Waals surface area contributed by atoms with Crippen LogP contribution >= 0.6 is 45.8 Å². The highest BCUT2D eigenvalue weighted by atomic mass is 32.2. The number of carbonyl (C=O) groups is 2. The molecule has 0 saturated carbocycles. The third-order valence-electron chi connectivity index (χ3n) is 3.23. The van der Waals surface area contributed by atoms with E-state index < -0.39 is 5.97 Å². The summed E-state index contributed by atoms with van der Waals surface area (Å²) < 4.78 is 6.04. The molecule has 0 aliphatic heterocycles. The van der Waals surface area contributed by atoms with Gasteiger partial charge in [0.2, 0.25) is 5.91 Å². The minimum absolute atomic E-state index is 0.173. The molecule has 3 heterocycles. The van der Waals surface area contributed by atoms with Crippen molar-refractivity contribution >= 4 is 62.6 Å². The van der Waals surface area contributed by atoms with Crippen molar-refractivity contribution in [3.05, 3.63) is 39.5 Å². The van der Waals surface area contributed by atoms with E-state index in [1.165, 1.54) is 34.4 Å². The molecule has 5 nitrogen and oxygen atoms in total. The first-order valence-electron chi connectivity index (χ1n) is 7.75. The average Bonchev–Trinajstić information content (AvgIpc) is 3.33. The molecule has 3 aromatic heterocycles. The van der Waals surface area contributed by atoms with E-state index in [1.807, 2.05) is 35.2 Å². The quantitative estimate of drug-likeness (QED) is 0.420. The molecular formula is C17H16N2O3S4. The van der Waals surface area contributed by atoms with Crippen LogP contribution in [0.5, 0.6) is 0 Å². The predicted octanol–water partition coefficient (Wildman–Crippen LogP) is 5.15. The molecule has 0 aromatic carbocycles. The summed E-state index contributed by atoms with van der Waals surface area (Å²) in [5.74, 6) is -0.356. The molecule has 0 fully saturated rings. The molecule has 0 aliphatic rings. The van der Waals surface area contributed by atoms with E-state index >= 15 is 0 Å². The molecule has 0 unspecified atom stereocenters. The van der Waals surface area contributed by atoms with Gasteiger partial charge in [-0.3, -0.25) is 4.79 Å². The summed E-state index contributed by atoms with van der Waals surface area (Å²) in [4.78, 5) is 30.1. The van der Waals surface area contributed by atoms with Crippen molar-refractivity contribution < 1.29 is 14.3 Å². The number of hydrogen-bond acceptors (Lipinski definition) is 8. The number of esters is 1. The maximum atomic E-state index is 12.4. The molecule has 0 aliphatic carbocycles. The van der Waals surface area contributed by atoms with Crippen LogP contribution in [0.25, 0.3) is 10.4 Å². The second-order valence-corrected chi connectivity index (χ2v) is 9.05. The van der Waals surface area contributed by atoms with Crippen LogP contribution in [-0.2, 0) is 9.53 Å². The Morgan fingerprint density at radius 2 is 2.12 bits per heavy atom. The Kier molecular flexibility index (Phi) is 6.47. The van der Waals surface area contributed by atoms with Crippen molar-refractivity contribution in [1.82, 2.24) is 4.98 Å². The molecule has 9 heteroatoms. The zero-order valence-corrected chi connectivity index (χ0v) is 17.4. The van der Waals surface area contributed by atoms with Gasteiger partial charge in [0.1, 0.15) is 10.6 Å². The number of ether oxygens (including phenoxy) is 1. The van der Waals surface area contributed by atoms with Gasteiger partial charge in [-0.15, -0.1) is 34.0 Å². The summed E-state index contributed by atoms with van der Waals surface area (Å²) in [6.07, 6.45) is 0. The highest BCUT2D eigenvalue weighted by Gasteiger charge is 2.23. The van der Waals surface area contributed by atoms with Gasteiger partial charge in [0.05, 0.1) is 12.4 Å². The molecule has 0 radical (unpaired) electrons. The summed E-state index contributed by atoms with van der Waals surface area (Å²) in [5, 5.41) is 9.15. The second kappa shape index (κ2) is 8.81. The molecule has 0 spiro atoms. The van der Waals surface area contributed by atoms with E-state index in [-0.39, 0.29) is 18.3 Å². The average molecular weight is 425 g/mol. The highest BCUT2D eigenvalue weighted by molar-refractivity contribution is 8.01. The minimum Gasteiger partial charge on any atom is -0.462 e. The molecule has 1 amide bonds. The fourth-order valence-electron chi connectivity index (χ4n) is 2.16. The summed E-state index contributed by atoms with van der Waals surface area (Å²) in [6.45, 7) is 3.97. The van der Waals surface area contributed by atoms with Crippen molar-refractivity contribution in [3.63, 3.8) is 0 Å². The number of aromatic nitrogens is 1. The topological polar surface area (TPSA) is 68.3 Å². The van der Waals surface area contributed by atoms with E-state index in [0.717, 1.165) is 20.5 Å². The first-order chi connectivity index (χ1) is 12.6. The van der Waals surface area contributed by atoms with Crippen LogP contribution in [-0.4, -0.2) is 29.2 Å². The van der Waals surface area contributed by atoms with Crippen LogP contribution in [0.1, 0.15) is 23.0 Å². The van der Waals surface area contributed by atoms with Gasteiger partial charge in [-0.2, -0.15) is 0 Å². The van der Waals surface area contributed by atoms with Gasteiger partial charge in [0.15, 0.2) is 4.34 Å². The number of amides is 1. The number of thioether (sulfide) groups is 1. The van der Waals surface area contributed by atoms with E-state index in [4.69, 9.17) is 4.74 Å². The molecule has 136 valence electrons. The van der Waals surface area contributed by atoms with Gasteiger partial charge in [-0.05, 0) is 25.3 Å². The van der Waals surface area contributed by atoms with E-state index in [1.54, 1.807) is 18.3 Å². The molecule has 0 atom stereocenters. The monoisotopic (exact) mass is 424 g/mol. The van der Waals surface area contributed by atoms with Crippen molar-refractivity contribution in [2.24, 2.45) is 0 Å². The Hall–Kier alpha value is -1.68. The smallest absolute Gasteiger partial charge is 0.341 e. The Bertz CT molecular complexity index is 899. The fourth-order valence-corrected chi connectivity index (χ4v) is 5.59. The van der Waals surface area contributed by atoms with E-state index in [2.05, 4.69) is 10.3 Å². The first kappa shape index (κ1) is 19.1. The Morgan fingerprint density at radius 1 is 1.27 bits per heavy atom. The number of nitrogens with one attached hydrogen (secondary N) is 1. The van der Waals surface area contributed by atoms with Crippen LogP contribution < -0.4 is 5.32 Å². The number of carbonyl (C=O) groups excluding carboxylic acids is 2. The summed E-state index contributed by atoms with van der Waals surface area (Å²) >= 11 is 5.78. The molecule has 26 heavy (non-hydrogen) atoms. The van der Waals surface area contributed by atoms with Crippen molar-refractivity contribution in [2.75, 3.05) is 17.7 Å². The molecule has 1 N–H and O–H groups in total. The van der Waals surface area contributed by atoms with Crippen molar-refractivity contribution in [2.45, 2.75) is 18.2 Å². The molecular weight excluding hydrogens is 408 g/mol. The van der Waals surface area contributed by atoms with Gasteiger partial charge >= 0.3 is 5.97 Å². The van der Waals surface area contributed by atoms with Crippen molar-refractivity contribution in [3.8, 4) is 10.4 Å². The molecule has 0 saturated heterocycles. The molecule has 3 rings (SSSR count). The summed E-state index contributed by atoms with van der Waals surface area (Å²) in [5.41, 5.74) is 2.16. The first-order valence-corrected chi connectivity index (χ1v) is 11.4. The maximum Gasteiger partial charge on any atom is 0.341 e. The van der Waals surface area contributed by atoms with Crippen LogP contribution in [0.15, 0.2) is 32.6 Å². The third kappa shape index (κ3) is 4.53. The lowest BCUT2D eigenvalue weighted by Crippen LogP contribution is -2.16. The largest absolute Gasteiger partial charge is 0.462 e. The normalized spacial score (nSPS) is 10.7. The third-order valence-corrected chi connectivity index (χ3v) is 7.17. The van der Waals surface area contributed by atoms with E-state index in [9.17, 15) is 9.59 Å². The van der Waals surface area contributed by atoms with Crippen LogP contribution in [0.2, 0.25) is 0 Å². The lowest BCUT2D eigenvalue weighted by atomic mass is 10.1. The van der Waals surface area contributed by atoms with Crippen LogP contribution in [0.3, 0.4) is 0 Å². The zero-order chi connectivity index (χ0) is 18.5. The Labute approximate surface area is 167 Å². The number of nitrogens with zero attached hydrogens (tertiary/aromatic N) is 1. The number of thiophene rings is 2. The second-order valence-electron chi connectivity index (χ2n) is 5.14. The van der Waals surface area contributed by atoms with Gasteiger partial charge in [0.25, 0.3) is 0 Å². The summed E-state index contributed by atoms with van der Waals surface area (Å²) in [7, 11) is 0. The number of thiazole rings is 1. The fraction of sp³-hybridized carbons (Fsp3) is 0.235. The number of hydrogen-bond donors (Lipinski definition) is 1. The molecule has 0 bridgehead atoms. The van der Waals surface area contributed by atoms with Gasteiger partial charge in [-0.1, -0.05) is 17.8 Å². The standard InChI is InChI=1S/C17H16N2O3S4/c1-3-22-16(21)14-11(12-5-4-6-23-12)8-24-15(14)19-13(20)9-26-17-18-10(2)7-25-17/h4-8H,3,9H2,1-2H3,(H,19,20). The molecule has 3 aromatic rings. The highest BCUT2D eigenvalue weighted by Crippen LogP contribution is 2.38.